The molecule has 1 aliphatic rings. The Hall–Kier alpha value is -2.53. The van der Waals surface area contributed by atoms with E-state index in [-0.39, 0.29) is 11.9 Å². The van der Waals surface area contributed by atoms with Gasteiger partial charge in [0.1, 0.15) is 6.61 Å². The SMILES string of the molecule is COc1cc(C(C)NC(=O)C2(N)CC2)ccc1OCc1ccccc1. The number of hydrogen-bond donors (Lipinski definition) is 2. The summed E-state index contributed by atoms with van der Waals surface area (Å²) in [6, 6.07) is 15.5. The van der Waals surface area contributed by atoms with Crippen LogP contribution in [0.1, 0.15) is 36.9 Å². The van der Waals surface area contributed by atoms with Crippen LogP contribution in [-0.2, 0) is 11.4 Å². The quantitative estimate of drug-likeness (QED) is 0.813. The lowest BCUT2D eigenvalue weighted by atomic mass is 10.1. The van der Waals surface area contributed by atoms with Crippen LogP contribution in [0.25, 0.3) is 0 Å². The van der Waals surface area contributed by atoms with Crippen LogP contribution in [0.2, 0.25) is 0 Å². The van der Waals surface area contributed by atoms with Gasteiger partial charge in [-0.15, -0.1) is 0 Å². The van der Waals surface area contributed by atoms with Crippen molar-refractivity contribution in [3.63, 3.8) is 0 Å². The van der Waals surface area contributed by atoms with Crippen molar-refractivity contribution in [1.29, 1.82) is 0 Å². The van der Waals surface area contributed by atoms with Crippen molar-refractivity contribution in [2.24, 2.45) is 5.73 Å². The molecule has 1 saturated carbocycles. The van der Waals surface area contributed by atoms with Gasteiger partial charge in [-0.25, -0.2) is 0 Å². The van der Waals surface area contributed by atoms with Crippen molar-refractivity contribution in [2.75, 3.05) is 7.11 Å². The second-order valence-corrected chi connectivity index (χ2v) is 6.54. The van der Waals surface area contributed by atoms with E-state index < -0.39 is 5.54 Å². The number of carbonyl (C=O) groups is 1. The highest BCUT2D eigenvalue weighted by Gasteiger charge is 2.46. The average Bonchev–Trinajstić information content (AvgIpc) is 3.39. The van der Waals surface area contributed by atoms with Crippen molar-refractivity contribution in [3.05, 3.63) is 59.7 Å². The molecule has 3 rings (SSSR count). The van der Waals surface area contributed by atoms with Gasteiger partial charge in [-0.1, -0.05) is 36.4 Å². The molecule has 2 aromatic carbocycles. The molecule has 0 spiro atoms. The summed E-state index contributed by atoms with van der Waals surface area (Å²) in [5.74, 6) is 1.22. The van der Waals surface area contributed by atoms with Crippen LogP contribution in [-0.4, -0.2) is 18.6 Å². The predicted octanol–water partition coefficient (Wildman–Crippen LogP) is 2.94. The Bertz CT molecular complexity index is 742. The summed E-state index contributed by atoms with van der Waals surface area (Å²) in [7, 11) is 1.61. The molecule has 0 heterocycles. The number of ether oxygens (including phenoxy) is 2. The first-order valence-corrected chi connectivity index (χ1v) is 8.46. The van der Waals surface area contributed by atoms with Gasteiger partial charge < -0.3 is 20.5 Å². The van der Waals surface area contributed by atoms with E-state index >= 15 is 0 Å². The first kappa shape index (κ1) is 17.3. The number of carbonyl (C=O) groups excluding carboxylic acids is 1. The molecule has 0 radical (unpaired) electrons. The minimum atomic E-state index is -0.670. The third-order valence-corrected chi connectivity index (χ3v) is 4.51. The van der Waals surface area contributed by atoms with Gasteiger partial charge in [0, 0.05) is 0 Å². The number of nitrogens with one attached hydrogen (secondary N) is 1. The van der Waals surface area contributed by atoms with Gasteiger partial charge in [0.15, 0.2) is 11.5 Å². The van der Waals surface area contributed by atoms with E-state index in [1.807, 2.05) is 55.5 Å². The lowest BCUT2D eigenvalue weighted by molar-refractivity contribution is -0.123. The Labute approximate surface area is 148 Å². The average molecular weight is 340 g/mol. The molecule has 25 heavy (non-hydrogen) atoms. The Morgan fingerprint density at radius 2 is 1.92 bits per heavy atom. The number of amides is 1. The molecule has 1 fully saturated rings. The standard InChI is InChI=1S/C20H24N2O3/c1-14(22-19(23)20(21)10-11-20)16-8-9-17(18(12-16)24-2)25-13-15-6-4-3-5-7-15/h3-9,12,14H,10-11,13,21H2,1-2H3,(H,22,23). The van der Waals surface area contributed by atoms with E-state index in [0.29, 0.717) is 18.1 Å². The summed E-state index contributed by atoms with van der Waals surface area (Å²) in [5, 5.41) is 2.97. The van der Waals surface area contributed by atoms with Crippen molar-refractivity contribution < 1.29 is 14.3 Å². The predicted molar refractivity (Wildman–Crippen MR) is 96.5 cm³/mol. The van der Waals surface area contributed by atoms with E-state index in [2.05, 4.69) is 5.32 Å². The summed E-state index contributed by atoms with van der Waals surface area (Å²) >= 11 is 0. The molecule has 1 amide bonds. The number of benzene rings is 2. The Morgan fingerprint density at radius 3 is 2.56 bits per heavy atom. The van der Waals surface area contributed by atoms with Gasteiger partial charge in [-0.3, -0.25) is 4.79 Å². The van der Waals surface area contributed by atoms with E-state index in [1.165, 1.54) is 0 Å². The monoisotopic (exact) mass is 340 g/mol. The second kappa shape index (κ2) is 7.15. The van der Waals surface area contributed by atoms with Crippen LogP contribution < -0.4 is 20.5 Å². The molecule has 3 N–H and O–H groups in total. The highest BCUT2D eigenvalue weighted by Crippen LogP contribution is 2.34. The fourth-order valence-electron chi connectivity index (χ4n) is 2.59. The number of nitrogens with two attached hydrogens (primary N) is 1. The molecule has 2 aromatic rings. The number of rotatable bonds is 7. The van der Waals surface area contributed by atoms with Crippen molar-refractivity contribution >= 4 is 5.91 Å². The molecule has 1 atom stereocenters. The zero-order valence-corrected chi connectivity index (χ0v) is 14.6. The minimum Gasteiger partial charge on any atom is -0.493 e. The maximum Gasteiger partial charge on any atom is 0.240 e. The zero-order chi connectivity index (χ0) is 17.9. The fraction of sp³-hybridized carbons (Fsp3) is 0.350. The van der Waals surface area contributed by atoms with Crippen LogP contribution >= 0.6 is 0 Å². The summed E-state index contributed by atoms with van der Waals surface area (Å²) < 4.78 is 11.3. The van der Waals surface area contributed by atoms with E-state index in [0.717, 1.165) is 24.0 Å². The summed E-state index contributed by atoms with van der Waals surface area (Å²) in [4.78, 5) is 12.1. The van der Waals surface area contributed by atoms with Crippen molar-refractivity contribution in [2.45, 2.75) is 38.0 Å². The van der Waals surface area contributed by atoms with E-state index in [1.54, 1.807) is 7.11 Å². The van der Waals surface area contributed by atoms with Crippen LogP contribution in [0, 0.1) is 0 Å². The third kappa shape index (κ3) is 4.12. The van der Waals surface area contributed by atoms with Crippen LogP contribution in [0.5, 0.6) is 11.5 Å². The van der Waals surface area contributed by atoms with E-state index in [9.17, 15) is 4.79 Å². The van der Waals surface area contributed by atoms with E-state index in [4.69, 9.17) is 15.2 Å². The summed E-state index contributed by atoms with van der Waals surface area (Å²) in [6.45, 7) is 2.40. The topological polar surface area (TPSA) is 73.6 Å². The molecule has 5 heteroatoms. The Kier molecular flexibility index (Phi) is 4.95. The highest BCUT2D eigenvalue weighted by atomic mass is 16.5. The van der Waals surface area contributed by atoms with Crippen molar-refractivity contribution in [1.82, 2.24) is 5.32 Å². The zero-order valence-electron chi connectivity index (χ0n) is 14.6. The largest absolute Gasteiger partial charge is 0.493 e. The minimum absolute atomic E-state index is 0.0941. The van der Waals surface area contributed by atoms with Gasteiger partial charge in [0.2, 0.25) is 5.91 Å². The first-order chi connectivity index (χ1) is 12.0. The smallest absolute Gasteiger partial charge is 0.240 e. The maximum absolute atomic E-state index is 12.1. The molecule has 1 unspecified atom stereocenters. The number of methoxy groups -OCH3 is 1. The maximum atomic E-state index is 12.1. The van der Waals surface area contributed by atoms with Gasteiger partial charge in [-0.05, 0) is 43.0 Å². The lowest BCUT2D eigenvalue weighted by Gasteiger charge is -2.19. The highest BCUT2D eigenvalue weighted by molar-refractivity contribution is 5.89. The molecule has 0 aliphatic heterocycles. The molecular formula is C20H24N2O3. The van der Waals surface area contributed by atoms with Crippen LogP contribution in [0.3, 0.4) is 0 Å². The summed E-state index contributed by atoms with van der Waals surface area (Å²) in [5.41, 5.74) is 7.30. The molecule has 0 aromatic heterocycles. The van der Waals surface area contributed by atoms with Gasteiger partial charge in [0.25, 0.3) is 0 Å². The normalized spacial score (nSPS) is 16.0. The lowest BCUT2D eigenvalue weighted by Crippen LogP contribution is -2.43. The van der Waals surface area contributed by atoms with Gasteiger partial charge in [-0.2, -0.15) is 0 Å². The molecule has 1 aliphatic carbocycles. The van der Waals surface area contributed by atoms with Gasteiger partial charge >= 0.3 is 0 Å². The Morgan fingerprint density at radius 1 is 1.20 bits per heavy atom. The Balaban J connectivity index is 1.67. The molecule has 132 valence electrons. The first-order valence-electron chi connectivity index (χ1n) is 8.46. The third-order valence-electron chi connectivity index (χ3n) is 4.51. The van der Waals surface area contributed by atoms with Crippen LogP contribution in [0.4, 0.5) is 0 Å². The molecular weight excluding hydrogens is 316 g/mol. The summed E-state index contributed by atoms with van der Waals surface area (Å²) in [6.07, 6.45) is 1.50. The van der Waals surface area contributed by atoms with Crippen molar-refractivity contribution in [3.8, 4) is 11.5 Å². The molecule has 5 nitrogen and oxygen atoms in total. The van der Waals surface area contributed by atoms with Crippen LogP contribution in [0.15, 0.2) is 48.5 Å². The second-order valence-electron chi connectivity index (χ2n) is 6.54. The number of hydrogen-bond acceptors (Lipinski definition) is 4. The fourth-order valence-corrected chi connectivity index (χ4v) is 2.59. The molecule has 0 bridgehead atoms. The van der Waals surface area contributed by atoms with Gasteiger partial charge in [0.05, 0.1) is 18.7 Å². The molecule has 0 saturated heterocycles.